The number of fused-ring (bicyclic) bond motifs is 4. The zero-order valence-electron chi connectivity index (χ0n) is 23.3. The summed E-state index contributed by atoms with van der Waals surface area (Å²) in [4.78, 5) is 59.5. The highest BCUT2D eigenvalue weighted by Gasteiger charge is 2.30. The van der Waals surface area contributed by atoms with E-state index < -0.39 is 34.5 Å². The Hall–Kier alpha value is -5.05. The van der Waals surface area contributed by atoms with Gasteiger partial charge in [0.25, 0.3) is 0 Å². The van der Waals surface area contributed by atoms with Crippen LogP contribution in [0.3, 0.4) is 0 Å². The van der Waals surface area contributed by atoms with E-state index >= 15 is 0 Å². The summed E-state index contributed by atoms with van der Waals surface area (Å²) in [5, 5.41) is 2.43. The number of carbonyl (C=O) groups is 3. The van der Waals surface area contributed by atoms with E-state index in [9.17, 15) is 24.0 Å². The van der Waals surface area contributed by atoms with Crippen LogP contribution in [0.2, 0.25) is 10.0 Å². The Bertz CT molecular complexity index is 2250. The summed E-state index contributed by atoms with van der Waals surface area (Å²) in [6.45, 7) is 2.44. The SMILES string of the molecule is C.CC(=O)C(=O)C(C(C)=O)c1ccccc1Oc1ccc(Cl)cc1.O=c1oc(=O)c2c3cc(Cl)ccc3oc3ccccc3c1=2. The highest BCUT2D eigenvalue weighted by atomic mass is 35.5. The van der Waals surface area contributed by atoms with Gasteiger partial charge < -0.3 is 13.6 Å². The summed E-state index contributed by atoms with van der Waals surface area (Å²) < 4.78 is 16.3. The van der Waals surface area contributed by atoms with Crippen LogP contribution in [-0.2, 0) is 14.4 Å². The minimum Gasteiger partial charge on any atom is -0.457 e. The summed E-state index contributed by atoms with van der Waals surface area (Å²) in [6.07, 6.45) is 0. The number of rotatable bonds is 6. The zero-order valence-corrected chi connectivity index (χ0v) is 24.8. The standard InChI is InChI=1S/C18H15ClO4.C16H7ClO4.CH4/c1-11(20)17(18(22)12(2)21)15-5-3-4-6-16(15)23-14-9-7-13(19)8-10-14;17-8-5-6-12-10(7-8)14-13(15(18)21-16(14)19)9-3-1-2-4-11(9)20-12;/h3-10,17H,1-2H3;1-7H;1H4. The summed E-state index contributed by atoms with van der Waals surface area (Å²) in [6, 6.07) is 25.3. The quantitative estimate of drug-likeness (QED) is 0.133. The fourth-order valence-corrected chi connectivity index (χ4v) is 5.03. The average molecular weight is 645 g/mol. The van der Waals surface area contributed by atoms with Gasteiger partial charge in [-0.25, -0.2) is 9.59 Å². The molecule has 2 heterocycles. The minimum atomic E-state index is -1.16. The van der Waals surface area contributed by atoms with Crippen LogP contribution in [-0.4, -0.2) is 17.3 Å². The van der Waals surface area contributed by atoms with Crippen LogP contribution in [0.4, 0.5) is 0 Å². The lowest BCUT2D eigenvalue weighted by Gasteiger charge is -2.16. The van der Waals surface area contributed by atoms with Crippen LogP contribution in [0.15, 0.2) is 109 Å². The number of ketones is 3. The molecule has 4 aromatic carbocycles. The molecule has 2 aliphatic rings. The van der Waals surface area contributed by atoms with Crippen LogP contribution in [0, 0.1) is 10.4 Å². The number of para-hydroxylation sites is 2. The normalized spacial score (nSPS) is 11.3. The molecule has 6 rings (SSSR count). The highest BCUT2D eigenvalue weighted by Crippen LogP contribution is 2.32. The molecular weight excluding hydrogens is 619 g/mol. The molecule has 0 fully saturated rings. The second kappa shape index (κ2) is 13.7. The molecule has 8 nitrogen and oxygen atoms in total. The molecule has 0 N–H and O–H groups in total. The van der Waals surface area contributed by atoms with Crippen molar-refractivity contribution in [2.45, 2.75) is 27.2 Å². The lowest BCUT2D eigenvalue weighted by molar-refractivity contribution is -0.138. The Labute approximate surface area is 266 Å². The second-order valence-electron chi connectivity index (χ2n) is 9.72. The third-order valence-electron chi connectivity index (χ3n) is 6.72. The van der Waals surface area contributed by atoms with Gasteiger partial charge in [-0.2, -0.15) is 0 Å². The Balaban J connectivity index is 0.000000201. The lowest BCUT2D eigenvalue weighted by atomic mass is 9.89. The van der Waals surface area contributed by atoms with E-state index in [1.165, 1.54) is 6.92 Å². The monoisotopic (exact) mass is 644 g/mol. The molecule has 45 heavy (non-hydrogen) atoms. The summed E-state index contributed by atoms with van der Waals surface area (Å²) >= 11 is 11.8. The molecule has 0 radical (unpaired) electrons. The molecule has 0 aliphatic carbocycles. The number of ether oxygens (including phenoxy) is 1. The molecule has 0 saturated heterocycles. The van der Waals surface area contributed by atoms with Crippen LogP contribution in [0.25, 0.3) is 21.9 Å². The van der Waals surface area contributed by atoms with Gasteiger partial charge in [-0.1, -0.05) is 67.0 Å². The van der Waals surface area contributed by atoms with E-state index in [1.54, 1.807) is 91.0 Å². The van der Waals surface area contributed by atoms with Crippen LogP contribution >= 0.6 is 23.2 Å². The van der Waals surface area contributed by atoms with E-state index in [1.807, 2.05) is 0 Å². The summed E-state index contributed by atoms with van der Waals surface area (Å²) in [5.41, 5.74) is -0.0194. The number of halogens is 2. The molecule has 0 aromatic heterocycles. The van der Waals surface area contributed by atoms with Crippen LogP contribution in [0.1, 0.15) is 32.8 Å². The Morgan fingerprint density at radius 2 is 1.27 bits per heavy atom. The minimum absolute atomic E-state index is 0. The summed E-state index contributed by atoms with van der Waals surface area (Å²) in [5.74, 6) is -2.10. The molecular formula is C35H26Cl2O8. The van der Waals surface area contributed by atoms with E-state index in [-0.39, 0.29) is 17.9 Å². The molecule has 0 amide bonds. The first kappa shape index (κ1) is 32.9. The van der Waals surface area contributed by atoms with Crippen molar-refractivity contribution in [3.63, 3.8) is 0 Å². The van der Waals surface area contributed by atoms with Gasteiger partial charge in [-0.15, -0.1) is 0 Å². The Morgan fingerprint density at radius 3 is 1.93 bits per heavy atom. The van der Waals surface area contributed by atoms with Gasteiger partial charge in [0, 0.05) is 33.3 Å². The molecule has 1 unspecified atom stereocenters. The van der Waals surface area contributed by atoms with Crippen molar-refractivity contribution in [1.29, 1.82) is 0 Å². The van der Waals surface area contributed by atoms with Gasteiger partial charge in [0.1, 0.15) is 34.4 Å². The number of carbonyl (C=O) groups excluding carboxylic acids is 3. The maximum Gasteiger partial charge on any atom is 0.347 e. The third kappa shape index (κ3) is 6.87. The van der Waals surface area contributed by atoms with E-state index in [0.29, 0.717) is 49.0 Å². The van der Waals surface area contributed by atoms with Crippen LogP contribution < -0.4 is 16.0 Å². The Morgan fingerprint density at radius 1 is 0.689 bits per heavy atom. The van der Waals surface area contributed by atoms with E-state index in [0.717, 1.165) is 6.92 Å². The molecule has 228 valence electrons. The van der Waals surface area contributed by atoms with Gasteiger partial charge in [-0.3, -0.25) is 14.4 Å². The van der Waals surface area contributed by atoms with Crippen molar-refractivity contribution in [2.24, 2.45) is 0 Å². The van der Waals surface area contributed by atoms with E-state index in [4.69, 9.17) is 36.8 Å². The third-order valence-corrected chi connectivity index (χ3v) is 7.21. The van der Waals surface area contributed by atoms with Crippen molar-refractivity contribution >= 4 is 62.5 Å². The molecule has 10 heteroatoms. The van der Waals surface area contributed by atoms with E-state index in [2.05, 4.69) is 0 Å². The molecule has 0 saturated carbocycles. The van der Waals surface area contributed by atoms with Crippen molar-refractivity contribution < 1.29 is 28.0 Å². The molecule has 4 aromatic rings. The van der Waals surface area contributed by atoms with Crippen molar-refractivity contribution in [1.82, 2.24) is 0 Å². The number of benzene rings is 4. The van der Waals surface area contributed by atoms with Crippen LogP contribution in [0.5, 0.6) is 11.5 Å². The van der Waals surface area contributed by atoms with Gasteiger partial charge in [-0.05, 0) is 61.5 Å². The Kier molecular flexibility index (Phi) is 10.0. The van der Waals surface area contributed by atoms with Gasteiger partial charge >= 0.3 is 11.3 Å². The summed E-state index contributed by atoms with van der Waals surface area (Å²) in [7, 11) is 0. The number of Topliss-reactive ketones (excluding diaryl/α,β-unsaturated/α-hetero) is 3. The molecule has 0 spiro atoms. The molecule has 1 atom stereocenters. The van der Waals surface area contributed by atoms with Crippen molar-refractivity contribution in [2.75, 3.05) is 0 Å². The maximum absolute atomic E-state index is 12.1. The highest BCUT2D eigenvalue weighted by molar-refractivity contribution is 6.42. The van der Waals surface area contributed by atoms with Crippen molar-refractivity contribution in [3.05, 3.63) is 138 Å². The topological polar surface area (TPSA) is 121 Å². The first-order valence-corrected chi connectivity index (χ1v) is 14.0. The fourth-order valence-electron chi connectivity index (χ4n) is 4.74. The van der Waals surface area contributed by atoms with Crippen molar-refractivity contribution in [3.8, 4) is 11.5 Å². The fraction of sp³-hybridized carbons (Fsp3) is 0.114. The first-order valence-electron chi connectivity index (χ1n) is 13.2. The molecule has 2 aliphatic heterocycles. The smallest absolute Gasteiger partial charge is 0.347 e. The lowest BCUT2D eigenvalue weighted by Crippen LogP contribution is -2.25. The largest absolute Gasteiger partial charge is 0.457 e. The van der Waals surface area contributed by atoms with Gasteiger partial charge in [0.05, 0.1) is 10.4 Å². The number of hydrogen-bond donors (Lipinski definition) is 0. The predicted octanol–water partition coefficient (Wildman–Crippen LogP) is 7.88. The average Bonchev–Trinajstić information content (AvgIpc) is 3.20. The maximum atomic E-state index is 12.1. The zero-order chi connectivity index (χ0) is 31.5. The first-order chi connectivity index (χ1) is 21.0. The van der Waals surface area contributed by atoms with Gasteiger partial charge in [0.2, 0.25) is 5.78 Å². The predicted molar refractivity (Wildman–Crippen MR) is 173 cm³/mol. The molecule has 0 bridgehead atoms. The second-order valence-corrected chi connectivity index (χ2v) is 10.6. The van der Waals surface area contributed by atoms with Gasteiger partial charge in [0.15, 0.2) is 5.78 Å². The number of hydrogen-bond acceptors (Lipinski definition) is 8.